The number of hydrogen-bond acceptors (Lipinski definition) is 2. The maximum absolute atomic E-state index is 13.7. The Balaban J connectivity index is 0.00000364. The first-order valence-electron chi connectivity index (χ1n) is 9.49. The van der Waals surface area contributed by atoms with Gasteiger partial charge in [0.15, 0.2) is 5.96 Å². The molecule has 1 atom stereocenters. The number of amides is 1. The van der Waals surface area contributed by atoms with Gasteiger partial charge >= 0.3 is 0 Å². The number of hydrogen-bond donors (Lipinski definition) is 3. The molecule has 1 fully saturated rings. The van der Waals surface area contributed by atoms with Gasteiger partial charge in [0.05, 0.1) is 6.04 Å². The predicted octanol–water partition coefficient (Wildman–Crippen LogP) is 3.67. The molecule has 0 saturated heterocycles. The van der Waals surface area contributed by atoms with Gasteiger partial charge in [-0.15, -0.1) is 24.0 Å². The highest BCUT2D eigenvalue weighted by atomic mass is 127. The first-order valence-corrected chi connectivity index (χ1v) is 9.49. The molecular formula is C20H32FIN4O. The van der Waals surface area contributed by atoms with Gasteiger partial charge in [-0.25, -0.2) is 4.39 Å². The molecule has 7 heteroatoms. The number of rotatable bonds is 7. The van der Waals surface area contributed by atoms with Crippen LogP contribution in [0.5, 0.6) is 0 Å². The fourth-order valence-corrected chi connectivity index (χ4v) is 3.29. The molecule has 0 radical (unpaired) electrons. The summed E-state index contributed by atoms with van der Waals surface area (Å²) >= 11 is 0. The van der Waals surface area contributed by atoms with E-state index < -0.39 is 0 Å². The smallest absolute Gasteiger partial charge is 0.220 e. The van der Waals surface area contributed by atoms with Crippen molar-refractivity contribution >= 4 is 35.8 Å². The molecule has 1 aliphatic carbocycles. The first-order chi connectivity index (χ1) is 12.5. The van der Waals surface area contributed by atoms with Crippen LogP contribution in [-0.4, -0.2) is 32.0 Å². The number of carbonyl (C=O) groups is 1. The molecule has 3 N–H and O–H groups in total. The van der Waals surface area contributed by atoms with Crippen LogP contribution >= 0.6 is 24.0 Å². The van der Waals surface area contributed by atoms with Gasteiger partial charge in [0.25, 0.3) is 0 Å². The van der Waals surface area contributed by atoms with E-state index in [2.05, 4.69) is 20.9 Å². The third kappa shape index (κ3) is 8.02. The Labute approximate surface area is 179 Å². The van der Waals surface area contributed by atoms with E-state index >= 15 is 0 Å². The maximum Gasteiger partial charge on any atom is 0.220 e. The molecule has 1 aliphatic rings. The number of carbonyl (C=O) groups excluding carboxylic acids is 1. The van der Waals surface area contributed by atoms with Crippen molar-refractivity contribution in [2.75, 3.05) is 20.1 Å². The summed E-state index contributed by atoms with van der Waals surface area (Å²) in [6.45, 7) is 4.85. The minimum atomic E-state index is -0.205. The van der Waals surface area contributed by atoms with Gasteiger partial charge in [0, 0.05) is 26.6 Å². The molecule has 0 heterocycles. The minimum Gasteiger partial charge on any atom is -0.355 e. The molecular weight excluding hydrogens is 458 g/mol. The molecule has 1 amide bonds. The van der Waals surface area contributed by atoms with E-state index in [1.54, 1.807) is 26.1 Å². The van der Waals surface area contributed by atoms with Crippen LogP contribution in [0.25, 0.3) is 0 Å². The number of nitrogens with one attached hydrogen (secondary N) is 3. The summed E-state index contributed by atoms with van der Waals surface area (Å²) in [5.74, 6) is 1.12. The van der Waals surface area contributed by atoms with Crippen molar-refractivity contribution in [2.45, 2.75) is 52.0 Å². The zero-order valence-corrected chi connectivity index (χ0v) is 18.8. The number of aryl methyl sites for hydroxylation is 1. The Hall–Kier alpha value is -1.38. The SMILES string of the molecule is CN=C(NCCNC(=O)CC1CCCC1)NC(C)c1ccc(C)c(F)c1.I. The van der Waals surface area contributed by atoms with Crippen LogP contribution < -0.4 is 16.0 Å². The van der Waals surface area contributed by atoms with E-state index in [0.717, 1.165) is 5.56 Å². The average Bonchev–Trinajstić information content (AvgIpc) is 3.12. The number of nitrogens with zero attached hydrogens (tertiary/aromatic N) is 1. The van der Waals surface area contributed by atoms with Crippen LogP contribution in [0.15, 0.2) is 23.2 Å². The second-order valence-electron chi connectivity index (χ2n) is 7.08. The highest BCUT2D eigenvalue weighted by Gasteiger charge is 2.18. The molecule has 1 saturated carbocycles. The number of guanidine groups is 1. The van der Waals surface area contributed by atoms with Crippen molar-refractivity contribution in [2.24, 2.45) is 10.9 Å². The summed E-state index contributed by atoms with van der Waals surface area (Å²) in [5.41, 5.74) is 1.50. The van der Waals surface area contributed by atoms with Gasteiger partial charge in [0.1, 0.15) is 5.82 Å². The lowest BCUT2D eigenvalue weighted by atomic mass is 10.0. The molecule has 1 aromatic rings. The van der Waals surface area contributed by atoms with Gasteiger partial charge in [-0.1, -0.05) is 25.0 Å². The molecule has 27 heavy (non-hydrogen) atoms. The van der Waals surface area contributed by atoms with E-state index in [9.17, 15) is 9.18 Å². The van der Waals surface area contributed by atoms with E-state index in [1.807, 2.05) is 13.0 Å². The normalized spacial score (nSPS) is 15.8. The quantitative estimate of drug-likeness (QED) is 0.237. The summed E-state index contributed by atoms with van der Waals surface area (Å²) in [7, 11) is 1.69. The largest absolute Gasteiger partial charge is 0.355 e. The van der Waals surface area contributed by atoms with Crippen molar-refractivity contribution in [3.63, 3.8) is 0 Å². The van der Waals surface area contributed by atoms with Gasteiger partial charge in [-0.2, -0.15) is 0 Å². The summed E-state index contributed by atoms with van der Waals surface area (Å²) < 4.78 is 13.7. The number of benzene rings is 1. The Morgan fingerprint density at radius 3 is 2.56 bits per heavy atom. The van der Waals surface area contributed by atoms with Crippen LogP contribution in [0, 0.1) is 18.7 Å². The summed E-state index contributed by atoms with van der Waals surface area (Å²) in [5, 5.41) is 9.37. The third-order valence-corrected chi connectivity index (χ3v) is 4.96. The summed E-state index contributed by atoms with van der Waals surface area (Å²) in [4.78, 5) is 16.1. The van der Waals surface area contributed by atoms with Crippen LogP contribution in [0.1, 0.15) is 56.2 Å². The Bertz CT molecular complexity index is 632. The van der Waals surface area contributed by atoms with Gasteiger partial charge in [-0.3, -0.25) is 9.79 Å². The zero-order valence-electron chi connectivity index (χ0n) is 16.5. The minimum absolute atomic E-state index is 0. The van der Waals surface area contributed by atoms with Crippen LogP contribution in [-0.2, 0) is 4.79 Å². The second kappa shape index (κ2) is 12.2. The van der Waals surface area contributed by atoms with Crippen molar-refractivity contribution in [3.05, 3.63) is 35.1 Å². The highest BCUT2D eigenvalue weighted by molar-refractivity contribution is 14.0. The van der Waals surface area contributed by atoms with Crippen LogP contribution in [0.3, 0.4) is 0 Å². The number of aliphatic imine (C=N–C) groups is 1. The van der Waals surface area contributed by atoms with E-state index in [1.165, 1.54) is 25.7 Å². The molecule has 152 valence electrons. The molecule has 2 rings (SSSR count). The molecule has 0 bridgehead atoms. The standard InChI is InChI=1S/C20H31FN4O.HI/c1-14-8-9-17(13-18(14)21)15(2)25-20(22-3)24-11-10-23-19(26)12-16-6-4-5-7-16;/h8-9,13,15-16H,4-7,10-12H2,1-3H3,(H,23,26)(H2,22,24,25);1H. The average molecular weight is 490 g/mol. The Kier molecular flexibility index (Phi) is 10.6. The molecule has 1 unspecified atom stereocenters. The van der Waals surface area contributed by atoms with Crippen molar-refractivity contribution in [3.8, 4) is 0 Å². The van der Waals surface area contributed by atoms with Crippen molar-refractivity contribution in [1.29, 1.82) is 0 Å². The summed E-state index contributed by atoms with van der Waals surface area (Å²) in [6, 6.07) is 5.16. The molecule has 5 nitrogen and oxygen atoms in total. The topological polar surface area (TPSA) is 65.5 Å². The summed E-state index contributed by atoms with van der Waals surface area (Å²) in [6.07, 6.45) is 5.51. The Morgan fingerprint density at radius 1 is 1.26 bits per heavy atom. The van der Waals surface area contributed by atoms with E-state index in [4.69, 9.17) is 0 Å². The molecule has 0 aliphatic heterocycles. The van der Waals surface area contributed by atoms with Crippen molar-refractivity contribution < 1.29 is 9.18 Å². The maximum atomic E-state index is 13.7. The molecule has 0 aromatic heterocycles. The highest BCUT2D eigenvalue weighted by Crippen LogP contribution is 2.27. The Morgan fingerprint density at radius 2 is 1.93 bits per heavy atom. The fraction of sp³-hybridized carbons (Fsp3) is 0.600. The lowest BCUT2D eigenvalue weighted by Gasteiger charge is -2.19. The lowest BCUT2D eigenvalue weighted by molar-refractivity contribution is -0.121. The molecule has 1 aromatic carbocycles. The third-order valence-electron chi connectivity index (χ3n) is 4.96. The van der Waals surface area contributed by atoms with Gasteiger partial charge in [-0.05, 0) is 49.8 Å². The van der Waals surface area contributed by atoms with Gasteiger partial charge < -0.3 is 16.0 Å². The first kappa shape index (κ1) is 23.7. The van der Waals surface area contributed by atoms with Crippen molar-refractivity contribution in [1.82, 2.24) is 16.0 Å². The van der Waals surface area contributed by atoms with E-state index in [-0.39, 0.29) is 41.7 Å². The molecule has 0 spiro atoms. The fourth-order valence-electron chi connectivity index (χ4n) is 3.29. The van der Waals surface area contributed by atoms with Crippen LogP contribution in [0.4, 0.5) is 4.39 Å². The predicted molar refractivity (Wildman–Crippen MR) is 119 cm³/mol. The zero-order chi connectivity index (χ0) is 18.9. The lowest BCUT2D eigenvalue weighted by Crippen LogP contribution is -2.42. The monoisotopic (exact) mass is 490 g/mol. The van der Waals surface area contributed by atoms with Gasteiger partial charge in [0.2, 0.25) is 5.91 Å². The second-order valence-corrected chi connectivity index (χ2v) is 7.08. The number of halogens is 2. The van der Waals surface area contributed by atoms with Crippen LogP contribution in [0.2, 0.25) is 0 Å². The van der Waals surface area contributed by atoms with E-state index in [0.29, 0.717) is 37.0 Å².